The smallest absolute Gasteiger partial charge is 0.262 e. The largest absolute Gasteiger partial charge is 0.482 e. The van der Waals surface area contributed by atoms with Crippen molar-refractivity contribution >= 4 is 34.3 Å². The first-order valence-corrected chi connectivity index (χ1v) is 8.82. The number of hydrogen-bond donors (Lipinski definition) is 1. The van der Waals surface area contributed by atoms with Crippen LogP contribution in [0.5, 0.6) is 5.75 Å². The second-order valence-corrected chi connectivity index (χ2v) is 7.16. The minimum absolute atomic E-state index is 0.0653. The summed E-state index contributed by atoms with van der Waals surface area (Å²) in [4.78, 5) is 20.7. The number of aryl methyl sites for hydroxylation is 1. The Morgan fingerprint density at radius 2 is 1.96 bits per heavy atom. The van der Waals surface area contributed by atoms with Crippen LogP contribution in [0.1, 0.15) is 10.6 Å². The quantitative estimate of drug-likeness (QED) is 0.767. The van der Waals surface area contributed by atoms with E-state index >= 15 is 0 Å². The number of nitrogens with zero attached hydrogens (tertiary/aromatic N) is 2. The molecule has 1 aromatic carbocycles. The summed E-state index contributed by atoms with van der Waals surface area (Å²) in [5, 5.41) is 8.85. The van der Waals surface area contributed by atoms with Gasteiger partial charge in [0.25, 0.3) is 5.91 Å². The molecule has 0 radical (unpaired) electrons. The molecule has 0 fully saturated rings. The van der Waals surface area contributed by atoms with Gasteiger partial charge in [-0.1, -0.05) is 0 Å². The number of anilines is 1. The summed E-state index contributed by atoms with van der Waals surface area (Å²) in [6, 6.07) is 3.86. The maximum absolute atomic E-state index is 11.6. The molecule has 4 rings (SSSR count). The second-order valence-electron chi connectivity index (χ2n) is 5.24. The molecule has 7 heteroatoms. The lowest BCUT2D eigenvalue weighted by atomic mass is 10.0. The van der Waals surface area contributed by atoms with Crippen LogP contribution in [0.4, 0.5) is 5.69 Å². The third kappa shape index (κ3) is 2.51. The third-order valence-electron chi connectivity index (χ3n) is 3.67. The van der Waals surface area contributed by atoms with Crippen LogP contribution in [0.2, 0.25) is 0 Å². The fourth-order valence-electron chi connectivity index (χ4n) is 2.54. The van der Waals surface area contributed by atoms with Gasteiger partial charge in [0.05, 0.1) is 16.4 Å². The molecule has 1 amide bonds. The Labute approximate surface area is 141 Å². The summed E-state index contributed by atoms with van der Waals surface area (Å²) < 4.78 is 5.45. The molecule has 0 unspecified atom stereocenters. The molecule has 1 N–H and O–H groups in total. The average Bonchev–Trinajstić information content (AvgIpc) is 3.17. The number of aromatic nitrogens is 2. The van der Waals surface area contributed by atoms with Crippen molar-refractivity contribution in [2.45, 2.75) is 13.8 Å². The van der Waals surface area contributed by atoms with Crippen LogP contribution in [0, 0.1) is 13.8 Å². The van der Waals surface area contributed by atoms with Crippen LogP contribution in [0.25, 0.3) is 22.0 Å². The van der Waals surface area contributed by atoms with Gasteiger partial charge < -0.3 is 10.1 Å². The van der Waals surface area contributed by atoms with E-state index in [2.05, 4.69) is 10.3 Å². The lowest BCUT2D eigenvalue weighted by Crippen LogP contribution is -2.26. The molecule has 2 aromatic heterocycles. The molecule has 116 valence electrons. The van der Waals surface area contributed by atoms with Gasteiger partial charge in [0.2, 0.25) is 0 Å². The molecule has 5 nitrogen and oxygen atoms in total. The highest BCUT2D eigenvalue weighted by atomic mass is 32.1. The van der Waals surface area contributed by atoms with Gasteiger partial charge in [-0.15, -0.1) is 22.7 Å². The summed E-state index contributed by atoms with van der Waals surface area (Å²) in [7, 11) is 0. The fraction of sp³-hybridized carbons (Fsp3) is 0.188. The monoisotopic (exact) mass is 343 g/mol. The summed E-state index contributed by atoms with van der Waals surface area (Å²) in [6.07, 6.45) is 0. The van der Waals surface area contributed by atoms with Crippen molar-refractivity contribution in [1.29, 1.82) is 0 Å². The highest BCUT2D eigenvalue weighted by Gasteiger charge is 2.21. The van der Waals surface area contributed by atoms with Gasteiger partial charge in [0.15, 0.2) is 6.61 Å². The number of benzene rings is 1. The van der Waals surface area contributed by atoms with Crippen LogP contribution >= 0.6 is 22.7 Å². The van der Waals surface area contributed by atoms with Crippen molar-refractivity contribution in [2.24, 2.45) is 0 Å². The van der Waals surface area contributed by atoms with Crippen LogP contribution in [0.15, 0.2) is 22.9 Å². The minimum Gasteiger partial charge on any atom is -0.482 e. The average molecular weight is 343 g/mol. The number of amides is 1. The van der Waals surface area contributed by atoms with Gasteiger partial charge in [-0.3, -0.25) is 4.79 Å². The number of hydrogen-bond acceptors (Lipinski definition) is 6. The van der Waals surface area contributed by atoms with Crippen LogP contribution in [0.3, 0.4) is 0 Å². The third-order valence-corrected chi connectivity index (χ3v) is 5.31. The number of thiazole rings is 2. The zero-order valence-corrected chi connectivity index (χ0v) is 14.2. The van der Waals surface area contributed by atoms with Gasteiger partial charge in [-0.25, -0.2) is 9.97 Å². The minimum atomic E-state index is -0.130. The normalized spacial score (nSPS) is 13.4. The van der Waals surface area contributed by atoms with Crippen LogP contribution in [-0.4, -0.2) is 22.5 Å². The number of carbonyl (C=O) groups is 1. The molecule has 3 aromatic rings. The molecule has 1 aliphatic heterocycles. The molecule has 0 saturated heterocycles. The van der Waals surface area contributed by atoms with Crippen molar-refractivity contribution in [3.05, 3.63) is 33.5 Å². The van der Waals surface area contributed by atoms with Crippen molar-refractivity contribution in [1.82, 2.24) is 9.97 Å². The zero-order valence-electron chi connectivity index (χ0n) is 12.5. The second kappa shape index (κ2) is 5.43. The van der Waals surface area contributed by atoms with Crippen molar-refractivity contribution in [3.63, 3.8) is 0 Å². The molecular formula is C16H13N3O2S2. The Morgan fingerprint density at radius 3 is 2.74 bits per heavy atom. The Kier molecular flexibility index (Phi) is 3.39. The molecule has 0 aliphatic carbocycles. The molecule has 3 heterocycles. The lowest BCUT2D eigenvalue weighted by Gasteiger charge is -2.21. The first-order valence-electron chi connectivity index (χ1n) is 7.06. The number of nitrogens with one attached hydrogen (secondary N) is 1. The van der Waals surface area contributed by atoms with Crippen molar-refractivity contribution in [2.75, 3.05) is 11.9 Å². The number of ether oxygens (including phenoxy) is 1. The van der Waals surface area contributed by atoms with E-state index in [4.69, 9.17) is 9.72 Å². The molecule has 0 atom stereocenters. The molecule has 23 heavy (non-hydrogen) atoms. The Bertz CT molecular complexity index is 914. The maximum Gasteiger partial charge on any atom is 0.262 e. The fourth-order valence-corrected chi connectivity index (χ4v) is 3.99. The van der Waals surface area contributed by atoms with Gasteiger partial charge in [0.1, 0.15) is 16.5 Å². The van der Waals surface area contributed by atoms with E-state index < -0.39 is 0 Å². The van der Waals surface area contributed by atoms with Gasteiger partial charge in [0, 0.05) is 16.3 Å². The lowest BCUT2D eigenvalue weighted by molar-refractivity contribution is -0.118. The number of rotatable bonds is 2. The first-order chi connectivity index (χ1) is 11.1. The summed E-state index contributed by atoms with van der Waals surface area (Å²) >= 11 is 3.19. The van der Waals surface area contributed by atoms with E-state index in [1.54, 1.807) is 22.7 Å². The maximum atomic E-state index is 11.6. The number of carbonyl (C=O) groups excluding carboxylic acids is 1. The van der Waals surface area contributed by atoms with E-state index in [0.717, 1.165) is 38.2 Å². The topological polar surface area (TPSA) is 64.1 Å². The molecule has 0 saturated carbocycles. The Morgan fingerprint density at radius 1 is 1.13 bits per heavy atom. The molecule has 1 aliphatic rings. The van der Waals surface area contributed by atoms with Crippen molar-refractivity contribution in [3.8, 4) is 27.7 Å². The highest BCUT2D eigenvalue weighted by molar-refractivity contribution is 7.14. The van der Waals surface area contributed by atoms with Gasteiger partial charge in [-0.2, -0.15) is 0 Å². The molecule has 0 spiro atoms. The van der Waals surface area contributed by atoms with E-state index in [-0.39, 0.29) is 12.5 Å². The summed E-state index contributed by atoms with van der Waals surface area (Å²) in [6.45, 7) is 4.02. The molecule has 0 bridgehead atoms. The number of fused-ring (bicyclic) bond motifs is 1. The van der Waals surface area contributed by atoms with Gasteiger partial charge >= 0.3 is 0 Å². The van der Waals surface area contributed by atoms with Crippen LogP contribution in [-0.2, 0) is 4.79 Å². The predicted molar refractivity (Wildman–Crippen MR) is 92.3 cm³/mol. The zero-order chi connectivity index (χ0) is 16.0. The van der Waals surface area contributed by atoms with E-state index in [9.17, 15) is 4.79 Å². The summed E-state index contributed by atoms with van der Waals surface area (Å²) in [5.74, 6) is 0.575. The van der Waals surface area contributed by atoms with E-state index in [1.165, 1.54) is 0 Å². The Hall–Kier alpha value is -2.25. The predicted octanol–water partition coefficient (Wildman–Crippen LogP) is 3.88. The highest BCUT2D eigenvalue weighted by Crippen LogP contribution is 2.38. The standard InChI is InChI=1S/C16H13N3O2S2/c1-8-10(3-4-13-15(8)19-14(20)5-21-13)11-6-23-16(18-11)12-7-22-9(2)17-12/h3-4,6-7H,5H2,1-2H3,(H,19,20). The first kappa shape index (κ1) is 14.3. The van der Waals surface area contributed by atoms with E-state index in [0.29, 0.717) is 5.75 Å². The van der Waals surface area contributed by atoms with Crippen molar-refractivity contribution < 1.29 is 9.53 Å². The summed E-state index contributed by atoms with van der Waals surface area (Å²) in [5.41, 5.74) is 4.48. The molecular weight excluding hydrogens is 330 g/mol. The van der Waals surface area contributed by atoms with Gasteiger partial charge in [-0.05, 0) is 31.5 Å². The SMILES string of the molecule is Cc1nc(-c2nc(-c3ccc4c(c3C)NC(=O)CO4)cs2)cs1. The Balaban J connectivity index is 1.75. The van der Waals surface area contributed by atoms with Crippen LogP contribution < -0.4 is 10.1 Å². The van der Waals surface area contributed by atoms with E-state index in [1.807, 2.05) is 36.7 Å².